The fourth-order valence-electron chi connectivity index (χ4n) is 4.76. The number of amides is 2. The lowest BCUT2D eigenvalue weighted by Crippen LogP contribution is -2.47. The zero-order valence-corrected chi connectivity index (χ0v) is 24.6. The van der Waals surface area contributed by atoms with E-state index >= 15 is 0 Å². The van der Waals surface area contributed by atoms with Crippen molar-refractivity contribution >= 4 is 38.4 Å². The smallest absolute Gasteiger partial charge is 0.326 e. The van der Waals surface area contributed by atoms with E-state index < -0.39 is 51.5 Å². The first-order valence-corrected chi connectivity index (χ1v) is 13.7. The topological polar surface area (TPSA) is 112 Å². The quantitative estimate of drug-likeness (QED) is 0.145. The van der Waals surface area contributed by atoms with Gasteiger partial charge in [-0.3, -0.25) is 9.59 Å². The summed E-state index contributed by atoms with van der Waals surface area (Å²) in [7, 11) is 0. The molecule has 0 saturated heterocycles. The van der Waals surface area contributed by atoms with Crippen LogP contribution in [-0.4, -0.2) is 54.7 Å². The van der Waals surface area contributed by atoms with Gasteiger partial charge < -0.3 is 25.0 Å². The SMILES string of the molecule is CC(C)(C)C(c1cc(-c2cc(F)ccc2F)cn1Cc1ccccc1)N(CCC(NC(=O)I)C(=O)O)C(=O)CO. The van der Waals surface area contributed by atoms with Gasteiger partial charge in [0.1, 0.15) is 24.3 Å². The Labute approximate surface area is 245 Å². The molecule has 3 rings (SSSR count). The number of halogens is 3. The molecule has 0 bridgehead atoms. The average Bonchev–Trinajstić information content (AvgIpc) is 3.28. The number of aliphatic hydroxyl groups is 1. The summed E-state index contributed by atoms with van der Waals surface area (Å²) in [6.07, 6.45) is 1.57. The largest absolute Gasteiger partial charge is 0.480 e. The minimum absolute atomic E-state index is 0.0523. The molecule has 0 aliphatic rings. The van der Waals surface area contributed by atoms with Gasteiger partial charge >= 0.3 is 5.97 Å². The Morgan fingerprint density at radius 3 is 2.33 bits per heavy atom. The van der Waals surface area contributed by atoms with Gasteiger partial charge in [-0.1, -0.05) is 51.1 Å². The van der Waals surface area contributed by atoms with Gasteiger partial charge in [0.15, 0.2) is 0 Å². The van der Waals surface area contributed by atoms with Gasteiger partial charge in [0.2, 0.25) is 5.91 Å². The third-order valence-electron chi connectivity index (χ3n) is 6.48. The Morgan fingerprint density at radius 1 is 1.07 bits per heavy atom. The lowest BCUT2D eigenvalue weighted by Gasteiger charge is -2.41. The van der Waals surface area contributed by atoms with Gasteiger partial charge in [-0.25, -0.2) is 13.6 Å². The van der Waals surface area contributed by atoms with Crippen LogP contribution >= 0.6 is 22.6 Å². The molecule has 2 atom stereocenters. The van der Waals surface area contributed by atoms with E-state index in [0.717, 1.165) is 23.8 Å². The number of aliphatic hydroxyl groups excluding tert-OH is 1. The molecule has 0 spiro atoms. The predicted octanol–water partition coefficient (Wildman–Crippen LogP) is 5.38. The molecular weight excluding hydrogens is 635 g/mol. The number of carboxylic acids is 1. The third kappa shape index (κ3) is 7.87. The van der Waals surface area contributed by atoms with Crippen LogP contribution in [0.1, 0.15) is 44.5 Å². The first kappa shape index (κ1) is 31.2. The van der Waals surface area contributed by atoms with E-state index in [1.165, 1.54) is 27.5 Å². The molecule has 2 amide bonds. The molecule has 40 heavy (non-hydrogen) atoms. The van der Waals surface area contributed by atoms with Gasteiger partial charge in [-0.05, 0) is 41.7 Å². The number of carbonyl (C=O) groups is 3. The highest BCUT2D eigenvalue weighted by atomic mass is 127. The molecule has 0 saturated carbocycles. The summed E-state index contributed by atoms with van der Waals surface area (Å²) in [4.78, 5) is 37.8. The van der Waals surface area contributed by atoms with E-state index in [1.54, 1.807) is 12.3 Å². The highest BCUT2D eigenvalue weighted by Gasteiger charge is 2.37. The molecule has 3 N–H and O–H groups in total. The molecule has 0 aliphatic heterocycles. The van der Waals surface area contributed by atoms with Crippen LogP contribution in [0.15, 0.2) is 60.8 Å². The average molecular weight is 667 g/mol. The molecule has 0 radical (unpaired) electrons. The summed E-state index contributed by atoms with van der Waals surface area (Å²) in [5, 5.41) is 21.8. The van der Waals surface area contributed by atoms with E-state index in [0.29, 0.717) is 17.8 Å². The summed E-state index contributed by atoms with van der Waals surface area (Å²) < 4.78 is 30.2. The summed E-state index contributed by atoms with van der Waals surface area (Å²) in [5.41, 5.74) is 1.31. The highest BCUT2D eigenvalue weighted by Crippen LogP contribution is 2.41. The zero-order chi connectivity index (χ0) is 29.6. The van der Waals surface area contributed by atoms with Crippen LogP contribution < -0.4 is 5.32 Å². The molecule has 1 heterocycles. The maximum absolute atomic E-state index is 14.8. The fraction of sp³-hybridized carbons (Fsp3) is 0.345. The molecule has 1 aromatic heterocycles. The highest BCUT2D eigenvalue weighted by molar-refractivity contribution is 14.1. The number of benzene rings is 2. The predicted molar refractivity (Wildman–Crippen MR) is 155 cm³/mol. The van der Waals surface area contributed by atoms with E-state index in [-0.39, 0.29) is 18.5 Å². The van der Waals surface area contributed by atoms with Crippen molar-refractivity contribution < 1.29 is 33.4 Å². The normalized spacial score (nSPS) is 13.0. The number of aliphatic carboxylic acids is 1. The molecule has 2 aromatic carbocycles. The minimum atomic E-state index is -1.26. The molecule has 8 nitrogen and oxygen atoms in total. The van der Waals surface area contributed by atoms with Crippen molar-refractivity contribution in [3.05, 3.63) is 83.7 Å². The summed E-state index contributed by atoms with van der Waals surface area (Å²) in [6, 6.07) is 12.4. The van der Waals surface area contributed by atoms with E-state index in [9.17, 15) is 33.4 Å². The second-order valence-electron chi connectivity index (χ2n) is 10.5. The maximum atomic E-state index is 14.8. The van der Waals surface area contributed by atoms with Crippen LogP contribution in [0.4, 0.5) is 13.6 Å². The molecule has 3 aromatic rings. The number of carbonyl (C=O) groups excluding carboxylic acids is 2. The zero-order valence-electron chi connectivity index (χ0n) is 22.4. The maximum Gasteiger partial charge on any atom is 0.326 e. The van der Waals surface area contributed by atoms with Gasteiger partial charge in [0, 0.05) is 58.7 Å². The monoisotopic (exact) mass is 667 g/mol. The van der Waals surface area contributed by atoms with Crippen molar-refractivity contribution in [2.45, 2.75) is 45.8 Å². The van der Waals surface area contributed by atoms with Crippen molar-refractivity contribution in [2.24, 2.45) is 5.41 Å². The molecule has 0 aliphatic carbocycles. The van der Waals surface area contributed by atoms with Crippen LogP contribution in [0.2, 0.25) is 0 Å². The fourth-order valence-corrected chi connectivity index (χ4v) is 5.14. The van der Waals surface area contributed by atoms with Crippen LogP contribution in [0.25, 0.3) is 11.1 Å². The lowest BCUT2D eigenvalue weighted by molar-refractivity contribution is -0.143. The molecule has 214 valence electrons. The Kier molecular flexibility index (Phi) is 10.4. The summed E-state index contributed by atoms with van der Waals surface area (Å²) in [6.45, 7) is 5.09. The van der Waals surface area contributed by atoms with E-state index in [1.807, 2.05) is 55.7 Å². The van der Waals surface area contributed by atoms with Crippen molar-refractivity contribution in [1.29, 1.82) is 0 Å². The first-order chi connectivity index (χ1) is 18.8. The Hall–Kier alpha value is -3.32. The van der Waals surface area contributed by atoms with E-state index in [2.05, 4.69) is 5.32 Å². The second-order valence-corrected chi connectivity index (χ2v) is 11.5. The van der Waals surface area contributed by atoms with Gasteiger partial charge in [-0.2, -0.15) is 0 Å². The molecule has 2 unspecified atom stereocenters. The second kappa shape index (κ2) is 13.4. The van der Waals surface area contributed by atoms with Crippen LogP contribution in [0, 0.1) is 17.0 Å². The van der Waals surface area contributed by atoms with Gasteiger partial charge in [0.25, 0.3) is 3.91 Å². The standard InChI is InChI=1S/C29H32F2IN3O5/c1-29(2,3)26(35(25(37)17-36)12-11-23(27(38)39)33-28(32)40)24-13-19(21-14-20(30)9-10-22(21)31)16-34(24)15-18-7-5-4-6-8-18/h4-10,13-14,16,23,26,36H,11-12,15,17H2,1-3H3,(H,33,40)(H,38,39). The lowest BCUT2D eigenvalue weighted by atomic mass is 9.82. The van der Waals surface area contributed by atoms with Crippen molar-refractivity contribution in [3.8, 4) is 11.1 Å². The third-order valence-corrected chi connectivity index (χ3v) is 6.79. The van der Waals surface area contributed by atoms with Crippen LogP contribution in [0.3, 0.4) is 0 Å². The van der Waals surface area contributed by atoms with Crippen LogP contribution in [-0.2, 0) is 16.1 Å². The number of hydrogen-bond acceptors (Lipinski definition) is 4. The van der Waals surface area contributed by atoms with Crippen molar-refractivity contribution in [2.75, 3.05) is 13.2 Å². The summed E-state index contributed by atoms with van der Waals surface area (Å²) in [5.74, 6) is -3.12. The Morgan fingerprint density at radius 2 is 1.75 bits per heavy atom. The number of nitrogens with one attached hydrogen (secondary N) is 1. The van der Waals surface area contributed by atoms with Crippen molar-refractivity contribution in [3.63, 3.8) is 0 Å². The number of carboxylic acid groups (broad SMARTS) is 1. The molecule has 0 fully saturated rings. The van der Waals surface area contributed by atoms with Gasteiger partial charge in [0.05, 0.1) is 6.04 Å². The minimum Gasteiger partial charge on any atom is -0.480 e. The van der Waals surface area contributed by atoms with Gasteiger partial charge in [-0.15, -0.1) is 0 Å². The first-order valence-electron chi connectivity index (χ1n) is 12.6. The van der Waals surface area contributed by atoms with Crippen LogP contribution in [0.5, 0.6) is 0 Å². The molecular formula is C29H32F2IN3O5. The van der Waals surface area contributed by atoms with Crippen molar-refractivity contribution in [1.82, 2.24) is 14.8 Å². The number of rotatable bonds is 11. The summed E-state index contributed by atoms with van der Waals surface area (Å²) >= 11 is 1.44. The molecule has 11 heteroatoms. The Balaban J connectivity index is 2.16. The number of hydrogen-bond donors (Lipinski definition) is 3. The van der Waals surface area contributed by atoms with E-state index in [4.69, 9.17) is 0 Å². The Bertz CT molecular complexity index is 1360. The number of nitrogens with zero attached hydrogens (tertiary/aromatic N) is 2. The number of aromatic nitrogens is 1.